The molecule has 0 aromatic heterocycles. The Hall–Kier alpha value is -1.91. The number of benzene rings is 1. The summed E-state index contributed by atoms with van der Waals surface area (Å²) in [7, 11) is 0. The molecule has 0 saturated carbocycles. The average molecular weight is 310 g/mol. The van der Waals surface area contributed by atoms with Crippen LogP contribution < -0.4 is 14.2 Å². The van der Waals surface area contributed by atoms with E-state index in [2.05, 4.69) is 0 Å². The van der Waals surface area contributed by atoms with Crippen molar-refractivity contribution in [3.05, 3.63) is 17.7 Å². The predicted octanol–water partition coefficient (Wildman–Crippen LogP) is 3.68. The summed E-state index contributed by atoms with van der Waals surface area (Å²) in [5.74, 6) is 0.660. The van der Waals surface area contributed by atoms with E-state index in [1.165, 1.54) is 0 Å². The molecule has 1 N–H and O–H groups in total. The van der Waals surface area contributed by atoms with Crippen molar-refractivity contribution >= 4 is 5.97 Å². The van der Waals surface area contributed by atoms with E-state index in [-0.39, 0.29) is 24.7 Å². The Bertz CT molecular complexity index is 475. The Kier molecular flexibility index (Phi) is 6.53. The van der Waals surface area contributed by atoms with Crippen LogP contribution in [0.2, 0.25) is 0 Å². The van der Waals surface area contributed by atoms with E-state index < -0.39 is 5.97 Å². The van der Waals surface area contributed by atoms with Gasteiger partial charge in [-0.15, -0.1) is 0 Å². The van der Waals surface area contributed by atoms with E-state index in [4.69, 9.17) is 19.3 Å². The highest BCUT2D eigenvalue weighted by molar-refractivity contribution is 5.73. The molecule has 5 nitrogen and oxygen atoms in total. The maximum atomic E-state index is 11.2. The summed E-state index contributed by atoms with van der Waals surface area (Å²) in [5, 5.41) is 9.16. The van der Waals surface area contributed by atoms with Gasteiger partial charge in [0.25, 0.3) is 0 Å². The Labute approximate surface area is 132 Å². The number of rotatable bonds is 8. The molecule has 0 unspecified atom stereocenters. The fourth-order valence-corrected chi connectivity index (χ4v) is 1.98. The van der Waals surface area contributed by atoms with Crippen molar-refractivity contribution in [2.24, 2.45) is 0 Å². The maximum Gasteiger partial charge on any atom is 0.308 e. The van der Waals surface area contributed by atoms with Crippen LogP contribution in [0.15, 0.2) is 12.1 Å². The van der Waals surface area contributed by atoms with Crippen LogP contribution in [-0.4, -0.2) is 29.4 Å². The third kappa shape index (κ3) is 5.84. The number of carboxylic acid groups (broad SMARTS) is 1. The van der Waals surface area contributed by atoms with Crippen molar-refractivity contribution in [1.82, 2.24) is 0 Å². The fraction of sp³-hybridized carbons (Fsp3) is 0.588. The van der Waals surface area contributed by atoms with Gasteiger partial charge in [-0.05, 0) is 41.5 Å². The largest absolute Gasteiger partial charge is 0.491 e. The van der Waals surface area contributed by atoms with Crippen LogP contribution in [0.3, 0.4) is 0 Å². The Balaban J connectivity index is 3.34. The van der Waals surface area contributed by atoms with Gasteiger partial charge in [-0.2, -0.15) is 0 Å². The Morgan fingerprint density at radius 2 is 1.32 bits per heavy atom. The number of aliphatic carboxylic acids is 1. The first-order valence-corrected chi connectivity index (χ1v) is 7.57. The Morgan fingerprint density at radius 1 is 0.909 bits per heavy atom. The molecule has 0 atom stereocenters. The van der Waals surface area contributed by atoms with Crippen molar-refractivity contribution in [3.63, 3.8) is 0 Å². The van der Waals surface area contributed by atoms with Gasteiger partial charge < -0.3 is 19.3 Å². The highest BCUT2D eigenvalue weighted by Crippen LogP contribution is 2.36. The van der Waals surface area contributed by atoms with Gasteiger partial charge in [0.15, 0.2) is 0 Å². The van der Waals surface area contributed by atoms with E-state index in [0.29, 0.717) is 22.8 Å². The minimum absolute atomic E-state index is 0.00382. The van der Waals surface area contributed by atoms with E-state index in [1.807, 2.05) is 41.5 Å². The molecule has 0 saturated heterocycles. The number of hydrogen-bond donors (Lipinski definition) is 1. The average Bonchev–Trinajstić information content (AvgIpc) is 2.30. The van der Waals surface area contributed by atoms with E-state index in [0.717, 1.165) is 0 Å². The molecule has 0 heterocycles. The number of carbonyl (C=O) groups is 1. The van der Waals surface area contributed by atoms with Crippen molar-refractivity contribution in [2.75, 3.05) is 0 Å². The second kappa shape index (κ2) is 7.92. The van der Waals surface area contributed by atoms with E-state index in [9.17, 15) is 4.79 Å². The van der Waals surface area contributed by atoms with E-state index in [1.54, 1.807) is 12.1 Å². The van der Waals surface area contributed by atoms with Crippen molar-refractivity contribution < 1.29 is 24.1 Å². The first-order valence-electron chi connectivity index (χ1n) is 7.57. The minimum atomic E-state index is -0.931. The molecule has 124 valence electrons. The first kappa shape index (κ1) is 18.1. The van der Waals surface area contributed by atoms with Gasteiger partial charge in [0.2, 0.25) is 0 Å². The highest BCUT2D eigenvalue weighted by Gasteiger charge is 2.19. The molecule has 1 aromatic carbocycles. The van der Waals surface area contributed by atoms with Gasteiger partial charge >= 0.3 is 5.97 Å². The lowest BCUT2D eigenvalue weighted by Crippen LogP contribution is -2.14. The van der Waals surface area contributed by atoms with Crippen LogP contribution in [0.1, 0.15) is 47.1 Å². The monoisotopic (exact) mass is 310 g/mol. The highest BCUT2D eigenvalue weighted by atomic mass is 16.5. The molecular formula is C17H26O5. The van der Waals surface area contributed by atoms with Gasteiger partial charge in [0.1, 0.15) is 17.2 Å². The molecule has 22 heavy (non-hydrogen) atoms. The summed E-state index contributed by atoms with van der Waals surface area (Å²) >= 11 is 0. The summed E-state index contributed by atoms with van der Waals surface area (Å²) in [6.45, 7) is 11.4. The lowest BCUT2D eigenvalue weighted by Gasteiger charge is -2.21. The summed E-state index contributed by atoms with van der Waals surface area (Å²) in [6, 6.07) is 3.46. The molecule has 0 radical (unpaired) electrons. The van der Waals surface area contributed by atoms with Crippen LogP contribution >= 0.6 is 0 Å². The fourth-order valence-electron chi connectivity index (χ4n) is 1.98. The lowest BCUT2D eigenvalue weighted by molar-refractivity contribution is -0.136. The van der Waals surface area contributed by atoms with Gasteiger partial charge in [-0.3, -0.25) is 4.79 Å². The smallest absolute Gasteiger partial charge is 0.308 e. The molecule has 0 aliphatic heterocycles. The number of hydrogen-bond acceptors (Lipinski definition) is 4. The van der Waals surface area contributed by atoms with Crippen molar-refractivity contribution in [1.29, 1.82) is 0 Å². The molecule has 1 aromatic rings. The maximum absolute atomic E-state index is 11.2. The lowest BCUT2D eigenvalue weighted by atomic mass is 10.1. The van der Waals surface area contributed by atoms with Gasteiger partial charge in [-0.25, -0.2) is 0 Å². The zero-order chi connectivity index (χ0) is 16.9. The summed E-state index contributed by atoms with van der Waals surface area (Å²) < 4.78 is 17.2. The number of carboxylic acids is 1. The molecule has 0 spiro atoms. The molecule has 1 rings (SSSR count). The molecule has 0 aliphatic carbocycles. The molecule has 0 amide bonds. The predicted molar refractivity (Wildman–Crippen MR) is 85.1 cm³/mol. The standard InChI is InChI=1S/C17H26O5/c1-10(2)20-13-7-15(21-11(3)4)14(9-17(18)19)16(8-13)22-12(5)6/h7-8,10-12H,9H2,1-6H3,(H,18,19). The molecule has 0 aliphatic rings. The number of ether oxygens (including phenoxy) is 3. The van der Waals surface area contributed by atoms with Crippen LogP contribution in [0, 0.1) is 0 Å². The third-order valence-corrected chi connectivity index (χ3v) is 2.57. The van der Waals surface area contributed by atoms with Gasteiger partial charge in [0.05, 0.1) is 24.7 Å². The van der Waals surface area contributed by atoms with Crippen molar-refractivity contribution in [3.8, 4) is 17.2 Å². The Morgan fingerprint density at radius 3 is 1.64 bits per heavy atom. The first-order chi connectivity index (χ1) is 10.2. The van der Waals surface area contributed by atoms with Crippen LogP contribution in [-0.2, 0) is 11.2 Å². The second-order valence-corrected chi connectivity index (χ2v) is 5.97. The summed E-state index contributed by atoms with van der Waals surface area (Å²) in [5.41, 5.74) is 0.533. The minimum Gasteiger partial charge on any atom is -0.491 e. The second-order valence-electron chi connectivity index (χ2n) is 5.97. The van der Waals surface area contributed by atoms with Crippen LogP contribution in [0.25, 0.3) is 0 Å². The van der Waals surface area contributed by atoms with Gasteiger partial charge in [-0.1, -0.05) is 0 Å². The normalized spacial score (nSPS) is 11.1. The zero-order valence-electron chi connectivity index (χ0n) is 14.2. The van der Waals surface area contributed by atoms with Crippen LogP contribution in [0.4, 0.5) is 0 Å². The summed E-state index contributed by atoms with van der Waals surface area (Å²) in [4.78, 5) is 11.2. The SMILES string of the molecule is CC(C)Oc1cc(OC(C)C)c(CC(=O)O)c(OC(C)C)c1. The zero-order valence-corrected chi connectivity index (χ0v) is 14.2. The molecule has 0 fully saturated rings. The van der Waals surface area contributed by atoms with Crippen LogP contribution in [0.5, 0.6) is 17.2 Å². The molecule has 0 bridgehead atoms. The third-order valence-electron chi connectivity index (χ3n) is 2.57. The van der Waals surface area contributed by atoms with Gasteiger partial charge in [0, 0.05) is 17.7 Å². The molecular weight excluding hydrogens is 284 g/mol. The summed E-state index contributed by atoms with van der Waals surface area (Å²) in [6.07, 6.45) is -0.307. The van der Waals surface area contributed by atoms with E-state index >= 15 is 0 Å². The van der Waals surface area contributed by atoms with Crippen molar-refractivity contribution in [2.45, 2.75) is 66.3 Å². The molecule has 5 heteroatoms. The quantitative estimate of drug-likeness (QED) is 0.793. The topological polar surface area (TPSA) is 65.0 Å².